The zero-order chi connectivity index (χ0) is 14.5. The number of urea groups is 1. The monoisotopic (exact) mass is 287 g/mol. The van der Waals surface area contributed by atoms with Crippen LogP contribution in [0.25, 0.3) is 0 Å². The molecular weight excluding hydrogens is 272 g/mol. The maximum atomic E-state index is 11.9. The van der Waals surface area contributed by atoms with E-state index < -0.39 is 12.6 Å². The van der Waals surface area contributed by atoms with Gasteiger partial charge in [-0.1, -0.05) is 0 Å². The topological polar surface area (TPSA) is 72.5 Å². The number of alkyl halides is 2. The van der Waals surface area contributed by atoms with Crippen LogP contribution in [0.3, 0.4) is 0 Å². The van der Waals surface area contributed by atoms with Crippen LogP contribution in [0.1, 0.15) is 13.3 Å². The van der Waals surface area contributed by atoms with Crippen molar-refractivity contribution in [2.45, 2.75) is 32.1 Å². The van der Waals surface area contributed by atoms with Crippen molar-refractivity contribution in [3.8, 4) is 5.88 Å². The molecule has 0 aromatic carbocycles. The summed E-state index contributed by atoms with van der Waals surface area (Å²) in [6.07, 6.45) is 1.97. The summed E-state index contributed by atoms with van der Waals surface area (Å²) in [5.41, 5.74) is 0.385. The molecule has 1 fully saturated rings. The molecule has 0 saturated carbocycles. The van der Waals surface area contributed by atoms with E-state index in [4.69, 9.17) is 4.74 Å². The van der Waals surface area contributed by atoms with Crippen LogP contribution in [0.5, 0.6) is 5.88 Å². The van der Waals surface area contributed by atoms with Gasteiger partial charge in [-0.15, -0.1) is 0 Å². The van der Waals surface area contributed by atoms with Crippen molar-refractivity contribution in [3.63, 3.8) is 0 Å². The second kappa shape index (κ2) is 6.47. The number of amides is 2. The first kappa shape index (κ1) is 14.4. The van der Waals surface area contributed by atoms with E-state index in [-0.39, 0.29) is 18.0 Å². The lowest BCUT2D eigenvalue weighted by atomic mass is 10.2. The quantitative estimate of drug-likeness (QED) is 0.888. The summed E-state index contributed by atoms with van der Waals surface area (Å²) in [6, 6.07) is 2.25. The summed E-state index contributed by atoms with van der Waals surface area (Å²) in [5, 5.41) is 5.33. The van der Waals surface area contributed by atoms with Crippen LogP contribution in [-0.2, 0) is 4.74 Å². The predicted molar refractivity (Wildman–Crippen MR) is 66.8 cm³/mol. The summed E-state index contributed by atoms with van der Waals surface area (Å²) in [5.74, 6) is -0.205. The molecule has 0 unspecified atom stereocenters. The Labute approximate surface area is 114 Å². The molecule has 1 aromatic rings. The number of carbonyl (C=O) groups excluding carboxylic acids is 1. The molecule has 0 spiro atoms. The third-order valence-electron chi connectivity index (χ3n) is 2.90. The molecule has 0 aliphatic carbocycles. The Kier molecular flexibility index (Phi) is 4.67. The summed E-state index contributed by atoms with van der Waals surface area (Å²) in [4.78, 5) is 15.4. The van der Waals surface area contributed by atoms with Gasteiger partial charge >= 0.3 is 12.6 Å². The number of rotatable bonds is 4. The standard InChI is InChI=1S/C12H15F2N3O3/c1-7-9(4-5-19-7)17-12(18)16-8-2-3-10(15-6-8)20-11(13)14/h2-3,6-7,9,11H,4-5H2,1H3,(H2,16,17,18)/t7-,9-/m1/s1. The molecule has 8 heteroatoms. The predicted octanol–water partition coefficient (Wildman–Crippen LogP) is 1.98. The van der Waals surface area contributed by atoms with Crippen LogP contribution < -0.4 is 15.4 Å². The molecule has 2 atom stereocenters. The Morgan fingerprint density at radius 3 is 2.90 bits per heavy atom. The normalized spacial score (nSPS) is 21.8. The maximum absolute atomic E-state index is 11.9. The van der Waals surface area contributed by atoms with Gasteiger partial charge in [-0.3, -0.25) is 0 Å². The number of nitrogens with zero attached hydrogens (tertiary/aromatic N) is 1. The average molecular weight is 287 g/mol. The lowest BCUT2D eigenvalue weighted by Crippen LogP contribution is -2.41. The van der Waals surface area contributed by atoms with Crippen LogP contribution >= 0.6 is 0 Å². The number of ether oxygens (including phenoxy) is 2. The van der Waals surface area contributed by atoms with Gasteiger partial charge in [0.2, 0.25) is 5.88 Å². The van der Waals surface area contributed by atoms with Crippen LogP contribution in [0.15, 0.2) is 18.3 Å². The molecule has 1 aliphatic heterocycles. The Morgan fingerprint density at radius 2 is 2.35 bits per heavy atom. The first-order valence-corrected chi connectivity index (χ1v) is 6.14. The summed E-state index contributed by atoms with van der Waals surface area (Å²) in [6.45, 7) is -0.419. The lowest BCUT2D eigenvalue weighted by molar-refractivity contribution is -0.0528. The molecule has 2 heterocycles. The smallest absolute Gasteiger partial charge is 0.388 e. The van der Waals surface area contributed by atoms with Crippen LogP contribution in [0, 0.1) is 0 Å². The van der Waals surface area contributed by atoms with Gasteiger partial charge < -0.3 is 20.1 Å². The zero-order valence-corrected chi connectivity index (χ0v) is 10.8. The Balaban J connectivity index is 1.84. The molecule has 6 nitrogen and oxygen atoms in total. The van der Waals surface area contributed by atoms with E-state index in [0.29, 0.717) is 12.3 Å². The largest absolute Gasteiger partial charge is 0.417 e. The van der Waals surface area contributed by atoms with E-state index in [9.17, 15) is 13.6 Å². The van der Waals surface area contributed by atoms with Gasteiger partial charge in [0.25, 0.3) is 0 Å². The van der Waals surface area contributed by atoms with Gasteiger partial charge in [-0.2, -0.15) is 8.78 Å². The number of carbonyl (C=O) groups is 1. The van der Waals surface area contributed by atoms with Gasteiger partial charge in [-0.25, -0.2) is 9.78 Å². The van der Waals surface area contributed by atoms with E-state index >= 15 is 0 Å². The average Bonchev–Trinajstić information content (AvgIpc) is 2.77. The number of pyridine rings is 1. The highest BCUT2D eigenvalue weighted by molar-refractivity contribution is 5.89. The molecule has 2 N–H and O–H groups in total. The minimum Gasteiger partial charge on any atom is -0.417 e. The first-order valence-electron chi connectivity index (χ1n) is 6.14. The van der Waals surface area contributed by atoms with E-state index in [0.717, 1.165) is 6.42 Å². The number of hydrogen-bond donors (Lipinski definition) is 2. The van der Waals surface area contributed by atoms with Gasteiger partial charge in [0.15, 0.2) is 0 Å². The van der Waals surface area contributed by atoms with Crippen molar-refractivity contribution in [1.29, 1.82) is 0 Å². The minimum absolute atomic E-state index is 0.0271. The highest BCUT2D eigenvalue weighted by Gasteiger charge is 2.25. The molecule has 1 saturated heterocycles. The minimum atomic E-state index is -2.92. The molecule has 1 aromatic heterocycles. The van der Waals surface area contributed by atoms with E-state index in [1.54, 1.807) is 0 Å². The Bertz CT molecular complexity index is 456. The SMILES string of the molecule is C[C@H]1OCC[C@H]1NC(=O)Nc1ccc(OC(F)F)nc1. The van der Waals surface area contributed by atoms with Crippen molar-refractivity contribution < 1.29 is 23.0 Å². The van der Waals surface area contributed by atoms with Gasteiger partial charge in [0, 0.05) is 12.7 Å². The van der Waals surface area contributed by atoms with Crippen molar-refractivity contribution in [3.05, 3.63) is 18.3 Å². The van der Waals surface area contributed by atoms with E-state index in [1.165, 1.54) is 18.3 Å². The molecule has 0 radical (unpaired) electrons. The number of nitrogens with one attached hydrogen (secondary N) is 2. The third-order valence-corrected chi connectivity index (χ3v) is 2.90. The van der Waals surface area contributed by atoms with Crippen molar-refractivity contribution in [2.75, 3.05) is 11.9 Å². The third kappa shape index (κ3) is 4.02. The number of hydrogen-bond acceptors (Lipinski definition) is 4. The molecule has 20 heavy (non-hydrogen) atoms. The molecule has 2 amide bonds. The van der Waals surface area contributed by atoms with Crippen LogP contribution in [-0.4, -0.2) is 36.4 Å². The fourth-order valence-corrected chi connectivity index (χ4v) is 1.87. The van der Waals surface area contributed by atoms with E-state index in [2.05, 4.69) is 20.4 Å². The summed E-state index contributed by atoms with van der Waals surface area (Å²) in [7, 11) is 0. The molecule has 110 valence electrons. The number of halogens is 2. The Morgan fingerprint density at radius 1 is 1.55 bits per heavy atom. The van der Waals surface area contributed by atoms with Gasteiger partial charge in [0.1, 0.15) is 0 Å². The van der Waals surface area contributed by atoms with Crippen molar-refractivity contribution >= 4 is 11.7 Å². The van der Waals surface area contributed by atoms with Crippen molar-refractivity contribution in [1.82, 2.24) is 10.3 Å². The number of aromatic nitrogens is 1. The first-order chi connectivity index (χ1) is 9.54. The van der Waals surface area contributed by atoms with Gasteiger partial charge in [0.05, 0.1) is 24.0 Å². The maximum Gasteiger partial charge on any atom is 0.388 e. The molecule has 2 rings (SSSR count). The second-order valence-corrected chi connectivity index (χ2v) is 4.33. The molecule has 0 bridgehead atoms. The fraction of sp³-hybridized carbons (Fsp3) is 0.500. The van der Waals surface area contributed by atoms with Gasteiger partial charge in [-0.05, 0) is 19.4 Å². The van der Waals surface area contributed by atoms with Crippen LogP contribution in [0.2, 0.25) is 0 Å². The summed E-state index contributed by atoms with van der Waals surface area (Å²) >= 11 is 0. The van der Waals surface area contributed by atoms with E-state index in [1.807, 2.05) is 6.92 Å². The lowest BCUT2D eigenvalue weighted by Gasteiger charge is -2.16. The second-order valence-electron chi connectivity index (χ2n) is 4.33. The van der Waals surface area contributed by atoms with Crippen LogP contribution in [0.4, 0.5) is 19.3 Å². The van der Waals surface area contributed by atoms with Crippen molar-refractivity contribution in [2.24, 2.45) is 0 Å². The molecular formula is C12H15F2N3O3. The zero-order valence-electron chi connectivity index (χ0n) is 10.8. The molecule has 1 aliphatic rings. The fourth-order valence-electron chi connectivity index (χ4n) is 1.87. The number of anilines is 1. The Hall–Kier alpha value is -1.96. The highest BCUT2D eigenvalue weighted by atomic mass is 19.3. The summed E-state index contributed by atoms with van der Waals surface area (Å²) < 4.78 is 33.3. The highest BCUT2D eigenvalue weighted by Crippen LogP contribution is 2.15.